The van der Waals surface area contributed by atoms with Crippen molar-refractivity contribution in [1.82, 2.24) is 15.6 Å². The van der Waals surface area contributed by atoms with E-state index >= 15 is 0 Å². The maximum Gasteiger partial charge on any atom is 0.253 e. The minimum Gasteiger partial charge on any atom is -0.352 e. The van der Waals surface area contributed by atoms with Crippen molar-refractivity contribution in [3.8, 4) is 0 Å². The third-order valence-corrected chi connectivity index (χ3v) is 4.36. The van der Waals surface area contributed by atoms with Gasteiger partial charge >= 0.3 is 0 Å². The van der Waals surface area contributed by atoms with Crippen molar-refractivity contribution < 1.29 is 4.79 Å². The number of fused-ring (bicyclic) bond motifs is 2. The van der Waals surface area contributed by atoms with Crippen molar-refractivity contribution in [2.75, 3.05) is 20.1 Å². The molecule has 0 bridgehead atoms. The van der Waals surface area contributed by atoms with Crippen molar-refractivity contribution in [2.24, 2.45) is 0 Å². The van der Waals surface area contributed by atoms with Gasteiger partial charge in [-0.3, -0.25) is 4.79 Å². The third-order valence-electron chi connectivity index (χ3n) is 4.36. The molecule has 0 saturated heterocycles. The van der Waals surface area contributed by atoms with Gasteiger partial charge in [0.05, 0.1) is 16.6 Å². The first-order valence-electron chi connectivity index (χ1n) is 8.34. The fraction of sp³-hybridized carbons (Fsp3) is 0.300. The van der Waals surface area contributed by atoms with Gasteiger partial charge in [0, 0.05) is 17.3 Å². The van der Waals surface area contributed by atoms with Crippen molar-refractivity contribution in [1.29, 1.82) is 0 Å². The second kappa shape index (κ2) is 6.97. The van der Waals surface area contributed by atoms with Gasteiger partial charge in [0.1, 0.15) is 0 Å². The van der Waals surface area contributed by atoms with Crippen LogP contribution >= 0.6 is 0 Å². The fourth-order valence-corrected chi connectivity index (χ4v) is 2.96. The van der Waals surface area contributed by atoms with Gasteiger partial charge in [-0.2, -0.15) is 0 Å². The number of carbonyl (C=O) groups is 1. The number of hydrogen-bond acceptors (Lipinski definition) is 3. The van der Waals surface area contributed by atoms with Crippen LogP contribution in [0.4, 0.5) is 0 Å². The van der Waals surface area contributed by atoms with Crippen molar-refractivity contribution in [3.05, 3.63) is 53.1 Å². The van der Waals surface area contributed by atoms with E-state index in [1.54, 1.807) is 0 Å². The zero-order chi connectivity index (χ0) is 17.1. The molecule has 4 heteroatoms. The summed E-state index contributed by atoms with van der Waals surface area (Å²) in [6, 6.07) is 12.1. The normalized spacial score (nSPS) is 11.1. The Labute approximate surface area is 142 Å². The smallest absolute Gasteiger partial charge is 0.253 e. The van der Waals surface area contributed by atoms with Gasteiger partial charge in [0.2, 0.25) is 0 Å². The molecule has 0 unspecified atom stereocenters. The Kier molecular flexibility index (Phi) is 4.76. The van der Waals surface area contributed by atoms with Crippen LogP contribution in [0.5, 0.6) is 0 Å². The number of benzene rings is 2. The maximum absolute atomic E-state index is 12.5. The molecule has 2 N–H and O–H groups in total. The average Bonchev–Trinajstić information content (AvgIpc) is 2.60. The summed E-state index contributed by atoms with van der Waals surface area (Å²) in [6.07, 6.45) is 0.904. The predicted octanol–water partition coefficient (Wildman–Crippen LogP) is 3.34. The van der Waals surface area contributed by atoms with Gasteiger partial charge in [0.25, 0.3) is 5.91 Å². The monoisotopic (exact) mass is 321 g/mol. The largest absolute Gasteiger partial charge is 0.352 e. The summed E-state index contributed by atoms with van der Waals surface area (Å²) < 4.78 is 0. The van der Waals surface area contributed by atoms with E-state index in [4.69, 9.17) is 4.98 Å². The van der Waals surface area contributed by atoms with Gasteiger partial charge in [-0.25, -0.2) is 4.98 Å². The van der Waals surface area contributed by atoms with Crippen LogP contribution in [-0.4, -0.2) is 31.0 Å². The molecule has 3 aromatic rings. The number of aryl methyl sites for hydroxylation is 2. The van der Waals surface area contributed by atoms with Crippen LogP contribution in [0.1, 0.15) is 27.9 Å². The van der Waals surface area contributed by atoms with Crippen LogP contribution in [-0.2, 0) is 0 Å². The van der Waals surface area contributed by atoms with Crippen LogP contribution in [0.25, 0.3) is 21.8 Å². The quantitative estimate of drug-likeness (QED) is 0.560. The minimum absolute atomic E-state index is 0.0612. The molecule has 1 aromatic heterocycles. The summed E-state index contributed by atoms with van der Waals surface area (Å²) >= 11 is 0. The lowest BCUT2D eigenvalue weighted by atomic mass is 10.0. The Hall–Kier alpha value is -2.46. The summed E-state index contributed by atoms with van der Waals surface area (Å²) in [5.41, 5.74) is 4.70. The number of nitrogens with zero attached hydrogens (tertiary/aromatic N) is 1. The predicted molar refractivity (Wildman–Crippen MR) is 99.6 cm³/mol. The van der Waals surface area contributed by atoms with Crippen molar-refractivity contribution >= 4 is 27.7 Å². The average molecular weight is 321 g/mol. The Morgan fingerprint density at radius 1 is 1.04 bits per heavy atom. The first kappa shape index (κ1) is 16.4. The van der Waals surface area contributed by atoms with Crippen LogP contribution < -0.4 is 10.6 Å². The molecule has 0 spiro atoms. The molecular weight excluding hydrogens is 298 g/mol. The highest BCUT2D eigenvalue weighted by atomic mass is 16.1. The first-order valence-corrected chi connectivity index (χ1v) is 8.34. The summed E-state index contributed by atoms with van der Waals surface area (Å²) in [5.74, 6) is -0.0612. The van der Waals surface area contributed by atoms with E-state index in [9.17, 15) is 4.79 Å². The Bertz CT molecular complexity index is 902. The van der Waals surface area contributed by atoms with E-state index < -0.39 is 0 Å². The number of carbonyl (C=O) groups excluding carboxylic acids is 1. The number of aromatic nitrogens is 1. The lowest BCUT2D eigenvalue weighted by Gasteiger charge is -2.11. The number of para-hydroxylation sites is 1. The molecule has 0 aliphatic carbocycles. The van der Waals surface area contributed by atoms with Gasteiger partial charge in [0.15, 0.2) is 0 Å². The molecule has 2 aromatic carbocycles. The van der Waals surface area contributed by atoms with Gasteiger partial charge in [-0.15, -0.1) is 0 Å². The highest BCUT2D eigenvalue weighted by molar-refractivity contribution is 6.08. The highest BCUT2D eigenvalue weighted by Gasteiger charge is 2.13. The number of pyridine rings is 1. The van der Waals surface area contributed by atoms with E-state index in [0.29, 0.717) is 12.1 Å². The zero-order valence-corrected chi connectivity index (χ0v) is 14.4. The standard InChI is InChI=1S/C20H23N3O/c1-13-8-9-14(2)18-17(13)12-15-6-4-7-16(19(15)23-18)20(24)22-11-5-10-21-3/h4,6-9,12,21H,5,10-11H2,1-3H3,(H,22,24). The molecule has 0 atom stereocenters. The fourth-order valence-electron chi connectivity index (χ4n) is 2.96. The second-order valence-corrected chi connectivity index (χ2v) is 6.17. The Morgan fingerprint density at radius 2 is 1.83 bits per heavy atom. The summed E-state index contributed by atoms with van der Waals surface area (Å²) in [7, 11) is 1.91. The van der Waals surface area contributed by atoms with Crippen LogP contribution in [0.15, 0.2) is 36.4 Å². The van der Waals surface area contributed by atoms with Gasteiger partial charge in [-0.1, -0.05) is 24.3 Å². The molecule has 24 heavy (non-hydrogen) atoms. The summed E-state index contributed by atoms with van der Waals surface area (Å²) in [6.45, 7) is 5.69. The van der Waals surface area contributed by atoms with Crippen LogP contribution in [0.2, 0.25) is 0 Å². The van der Waals surface area contributed by atoms with Crippen molar-refractivity contribution in [2.45, 2.75) is 20.3 Å². The second-order valence-electron chi connectivity index (χ2n) is 6.17. The molecule has 0 fully saturated rings. The van der Waals surface area contributed by atoms with Crippen LogP contribution in [0.3, 0.4) is 0 Å². The van der Waals surface area contributed by atoms with Gasteiger partial charge in [-0.05, 0) is 57.1 Å². The number of rotatable bonds is 5. The maximum atomic E-state index is 12.5. The minimum atomic E-state index is -0.0612. The topological polar surface area (TPSA) is 54.0 Å². The molecular formula is C20H23N3O. The van der Waals surface area contributed by atoms with E-state index in [-0.39, 0.29) is 5.91 Å². The molecule has 3 rings (SSSR count). The SMILES string of the molecule is CNCCCNC(=O)c1cccc2cc3c(C)ccc(C)c3nc12. The van der Waals surface area contributed by atoms with Gasteiger partial charge < -0.3 is 10.6 Å². The highest BCUT2D eigenvalue weighted by Crippen LogP contribution is 2.26. The van der Waals surface area contributed by atoms with E-state index in [2.05, 4.69) is 42.7 Å². The molecule has 1 amide bonds. The Balaban J connectivity index is 2.04. The first-order chi connectivity index (χ1) is 11.6. The number of nitrogens with one attached hydrogen (secondary N) is 2. The van der Waals surface area contributed by atoms with E-state index in [0.717, 1.165) is 40.3 Å². The zero-order valence-electron chi connectivity index (χ0n) is 14.4. The molecule has 4 nitrogen and oxygen atoms in total. The summed E-state index contributed by atoms with van der Waals surface area (Å²) in [5, 5.41) is 8.21. The molecule has 0 saturated carbocycles. The lowest BCUT2D eigenvalue weighted by molar-refractivity contribution is 0.0955. The molecule has 124 valence electrons. The number of amides is 1. The molecule has 0 aliphatic heterocycles. The third kappa shape index (κ3) is 3.10. The Morgan fingerprint density at radius 3 is 2.62 bits per heavy atom. The van der Waals surface area contributed by atoms with Crippen molar-refractivity contribution in [3.63, 3.8) is 0 Å². The van der Waals surface area contributed by atoms with E-state index in [1.807, 2.05) is 25.2 Å². The van der Waals surface area contributed by atoms with E-state index in [1.165, 1.54) is 5.56 Å². The molecule has 0 aliphatic rings. The molecule has 1 heterocycles. The van der Waals surface area contributed by atoms with Crippen LogP contribution in [0, 0.1) is 13.8 Å². The number of hydrogen-bond donors (Lipinski definition) is 2. The molecule has 0 radical (unpaired) electrons. The summed E-state index contributed by atoms with van der Waals surface area (Å²) in [4.78, 5) is 17.4. The lowest BCUT2D eigenvalue weighted by Crippen LogP contribution is -2.26.